The molecule has 1 aliphatic rings. The molecular weight excluding hydrogens is 215 g/mol. The van der Waals surface area contributed by atoms with Gasteiger partial charge in [0.2, 0.25) is 0 Å². The van der Waals surface area contributed by atoms with E-state index in [1.165, 1.54) is 12.5 Å². The molecule has 1 unspecified atom stereocenters. The zero-order valence-corrected chi connectivity index (χ0v) is 10.6. The second-order valence-electron chi connectivity index (χ2n) is 5.21. The Morgan fingerprint density at radius 2 is 2.29 bits per heavy atom. The lowest BCUT2D eigenvalue weighted by Crippen LogP contribution is -2.51. The molecule has 94 valence electrons. The molecule has 0 aliphatic carbocycles. The number of hydrogen-bond acceptors (Lipinski definition) is 2. The minimum Gasteiger partial charge on any atom is -0.369 e. The number of anilines is 1. The second kappa shape index (κ2) is 5.50. The average Bonchev–Trinajstić information content (AvgIpc) is 2.28. The molecule has 17 heavy (non-hydrogen) atoms. The third-order valence-electron chi connectivity index (χ3n) is 3.18. The number of nitrogens with one attached hydrogen (secondary N) is 1. The predicted octanol–water partition coefficient (Wildman–Crippen LogP) is 2.65. The lowest BCUT2D eigenvalue weighted by atomic mass is 10.0. The van der Waals surface area contributed by atoms with Crippen molar-refractivity contribution < 1.29 is 4.39 Å². The number of nitrogens with zero attached hydrogens (tertiary/aromatic N) is 1. The summed E-state index contributed by atoms with van der Waals surface area (Å²) in [5, 5.41) is 3.53. The van der Waals surface area contributed by atoms with E-state index in [1.54, 1.807) is 12.1 Å². The summed E-state index contributed by atoms with van der Waals surface area (Å²) in [5.41, 5.74) is 1.00. The van der Waals surface area contributed by atoms with Crippen LogP contribution in [0.4, 0.5) is 10.1 Å². The van der Waals surface area contributed by atoms with Crippen molar-refractivity contribution in [3.8, 4) is 0 Å². The standard InChI is InChI=1S/C14H21FN2/c1-11(2)8-13-10-17(7-6-16-13)14-5-3-4-12(15)9-14/h3-5,9,11,13,16H,6-8,10H2,1-2H3. The van der Waals surface area contributed by atoms with Crippen molar-refractivity contribution in [1.82, 2.24) is 5.32 Å². The number of benzene rings is 1. The fraction of sp³-hybridized carbons (Fsp3) is 0.571. The van der Waals surface area contributed by atoms with E-state index >= 15 is 0 Å². The zero-order chi connectivity index (χ0) is 12.3. The minimum atomic E-state index is -0.151. The van der Waals surface area contributed by atoms with Gasteiger partial charge in [0.25, 0.3) is 0 Å². The van der Waals surface area contributed by atoms with E-state index < -0.39 is 0 Å². The van der Waals surface area contributed by atoms with E-state index in [1.807, 2.05) is 6.07 Å². The minimum absolute atomic E-state index is 0.151. The van der Waals surface area contributed by atoms with Crippen molar-refractivity contribution in [2.24, 2.45) is 5.92 Å². The van der Waals surface area contributed by atoms with E-state index in [0.29, 0.717) is 12.0 Å². The quantitative estimate of drug-likeness (QED) is 0.868. The van der Waals surface area contributed by atoms with Crippen LogP contribution in [0.5, 0.6) is 0 Å². The van der Waals surface area contributed by atoms with Crippen molar-refractivity contribution in [3.05, 3.63) is 30.1 Å². The van der Waals surface area contributed by atoms with Crippen LogP contribution in [0.1, 0.15) is 20.3 Å². The molecule has 1 aromatic rings. The summed E-state index contributed by atoms with van der Waals surface area (Å²) in [6, 6.07) is 7.41. The second-order valence-corrected chi connectivity index (χ2v) is 5.21. The summed E-state index contributed by atoms with van der Waals surface area (Å²) < 4.78 is 13.2. The Hall–Kier alpha value is -1.09. The van der Waals surface area contributed by atoms with E-state index in [4.69, 9.17) is 0 Å². The summed E-state index contributed by atoms with van der Waals surface area (Å²) in [4.78, 5) is 2.27. The van der Waals surface area contributed by atoms with E-state index in [0.717, 1.165) is 25.3 Å². The number of hydrogen-bond donors (Lipinski definition) is 1. The molecule has 1 N–H and O–H groups in total. The molecule has 1 heterocycles. The molecule has 1 fully saturated rings. The molecular formula is C14H21FN2. The van der Waals surface area contributed by atoms with Gasteiger partial charge in [-0.2, -0.15) is 0 Å². The molecule has 1 atom stereocenters. The van der Waals surface area contributed by atoms with Gasteiger partial charge in [-0.25, -0.2) is 4.39 Å². The first-order chi connectivity index (χ1) is 8.15. The largest absolute Gasteiger partial charge is 0.369 e. The van der Waals surface area contributed by atoms with Crippen LogP contribution in [0.3, 0.4) is 0 Å². The van der Waals surface area contributed by atoms with Crippen LogP contribution in [-0.2, 0) is 0 Å². The van der Waals surface area contributed by atoms with Gasteiger partial charge in [0.1, 0.15) is 5.82 Å². The SMILES string of the molecule is CC(C)CC1CN(c2cccc(F)c2)CCN1. The van der Waals surface area contributed by atoms with Crippen molar-refractivity contribution in [2.75, 3.05) is 24.5 Å². The summed E-state index contributed by atoms with van der Waals surface area (Å²) in [6.45, 7) is 7.39. The molecule has 0 saturated carbocycles. The van der Waals surface area contributed by atoms with Gasteiger partial charge in [0, 0.05) is 31.4 Å². The highest BCUT2D eigenvalue weighted by atomic mass is 19.1. The molecule has 2 rings (SSSR count). The molecule has 0 bridgehead atoms. The molecule has 1 aromatic carbocycles. The maximum atomic E-state index is 13.2. The first-order valence-electron chi connectivity index (χ1n) is 6.39. The first kappa shape index (κ1) is 12.4. The molecule has 0 amide bonds. The van der Waals surface area contributed by atoms with Gasteiger partial charge in [-0.1, -0.05) is 19.9 Å². The normalized spacial score (nSPS) is 20.9. The monoisotopic (exact) mass is 236 g/mol. The van der Waals surface area contributed by atoms with Crippen LogP contribution in [-0.4, -0.2) is 25.7 Å². The number of rotatable bonds is 3. The lowest BCUT2D eigenvalue weighted by molar-refractivity contribution is 0.388. The van der Waals surface area contributed by atoms with E-state index in [-0.39, 0.29) is 5.82 Å². The Labute approximate surface area is 103 Å². The van der Waals surface area contributed by atoms with Gasteiger partial charge in [-0.05, 0) is 30.5 Å². The predicted molar refractivity (Wildman–Crippen MR) is 69.9 cm³/mol. The van der Waals surface area contributed by atoms with Gasteiger partial charge in [-0.15, -0.1) is 0 Å². The Balaban J connectivity index is 2.02. The molecule has 1 saturated heterocycles. The Kier molecular flexibility index (Phi) is 4.00. The highest BCUT2D eigenvalue weighted by Gasteiger charge is 2.20. The third kappa shape index (κ3) is 3.43. The van der Waals surface area contributed by atoms with Crippen molar-refractivity contribution >= 4 is 5.69 Å². The molecule has 3 heteroatoms. The molecule has 0 aromatic heterocycles. The van der Waals surface area contributed by atoms with Gasteiger partial charge >= 0.3 is 0 Å². The zero-order valence-electron chi connectivity index (χ0n) is 10.6. The van der Waals surface area contributed by atoms with Crippen LogP contribution in [0.15, 0.2) is 24.3 Å². The maximum Gasteiger partial charge on any atom is 0.125 e. The molecule has 1 aliphatic heterocycles. The van der Waals surface area contributed by atoms with Gasteiger partial charge in [-0.3, -0.25) is 0 Å². The smallest absolute Gasteiger partial charge is 0.125 e. The van der Waals surface area contributed by atoms with E-state index in [9.17, 15) is 4.39 Å². The van der Waals surface area contributed by atoms with Gasteiger partial charge < -0.3 is 10.2 Å². The molecule has 0 spiro atoms. The first-order valence-corrected chi connectivity index (χ1v) is 6.39. The van der Waals surface area contributed by atoms with Crippen LogP contribution in [0.2, 0.25) is 0 Å². The van der Waals surface area contributed by atoms with Gasteiger partial charge in [0.15, 0.2) is 0 Å². The summed E-state index contributed by atoms with van der Waals surface area (Å²) in [6.07, 6.45) is 1.17. The fourth-order valence-corrected chi connectivity index (χ4v) is 2.46. The van der Waals surface area contributed by atoms with Crippen LogP contribution >= 0.6 is 0 Å². The Bertz CT molecular complexity index is 365. The highest BCUT2D eigenvalue weighted by molar-refractivity contribution is 5.47. The van der Waals surface area contributed by atoms with Crippen LogP contribution in [0.25, 0.3) is 0 Å². The lowest BCUT2D eigenvalue weighted by Gasteiger charge is -2.36. The average molecular weight is 236 g/mol. The molecule has 2 nitrogen and oxygen atoms in total. The Morgan fingerprint density at radius 3 is 3.00 bits per heavy atom. The highest BCUT2D eigenvalue weighted by Crippen LogP contribution is 2.19. The maximum absolute atomic E-state index is 13.2. The third-order valence-corrected chi connectivity index (χ3v) is 3.18. The summed E-state index contributed by atoms with van der Waals surface area (Å²) in [5.74, 6) is 0.543. The number of piperazine rings is 1. The van der Waals surface area contributed by atoms with Crippen molar-refractivity contribution in [2.45, 2.75) is 26.3 Å². The number of halogens is 1. The Morgan fingerprint density at radius 1 is 1.47 bits per heavy atom. The van der Waals surface area contributed by atoms with Crippen LogP contribution in [0, 0.1) is 11.7 Å². The van der Waals surface area contributed by atoms with Crippen LogP contribution < -0.4 is 10.2 Å². The summed E-state index contributed by atoms with van der Waals surface area (Å²) in [7, 11) is 0. The summed E-state index contributed by atoms with van der Waals surface area (Å²) >= 11 is 0. The van der Waals surface area contributed by atoms with E-state index in [2.05, 4.69) is 24.1 Å². The van der Waals surface area contributed by atoms with Crippen molar-refractivity contribution in [3.63, 3.8) is 0 Å². The molecule has 0 radical (unpaired) electrons. The van der Waals surface area contributed by atoms with Crippen molar-refractivity contribution in [1.29, 1.82) is 0 Å². The topological polar surface area (TPSA) is 15.3 Å². The van der Waals surface area contributed by atoms with Gasteiger partial charge in [0.05, 0.1) is 0 Å². The fourth-order valence-electron chi connectivity index (χ4n) is 2.46.